The number of nitrogens with zero attached hydrogens (tertiary/aromatic N) is 3. The lowest BCUT2D eigenvalue weighted by molar-refractivity contribution is 0.0730. The van der Waals surface area contributed by atoms with Gasteiger partial charge in [-0.1, -0.05) is 5.16 Å². The Morgan fingerprint density at radius 3 is 2.48 bits per heavy atom. The maximum Gasteiger partial charge on any atom is 0.294 e. The van der Waals surface area contributed by atoms with Crippen molar-refractivity contribution >= 4 is 27.3 Å². The second-order valence-corrected chi connectivity index (χ2v) is 8.59. The summed E-state index contributed by atoms with van der Waals surface area (Å²) in [6.07, 6.45) is 0. The van der Waals surface area contributed by atoms with Crippen LogP contribution in [0, 0.1) is 6.92 Å². The molecule has 1 aliphatic rings. The van der Waals surface area contributed by atoms with E-state index in [9.17, 15) is 13.2 Å². The topological polar surface area (TPSA) is 105 Å². The monoisotopic (exact) mass is 422 g/mol. The van der Waals surface area contributed by atoms with Crippen molar-refractivity contribution in [2.45, 2.75) is 25.7 Å². The number of aromatic nitrogens is 1. The van der Waals surface area contributed by atoms with E-state index in [-0.39, 0.29) is 10.7 Å². The predicted octanol–water partition coefficient (Wildman–Crippen LogP) is 2.10. The third kappa shape index (κ3) is 4.60. The van der Waals surface area contributed by atoms with Crippen LogP contribution in [-0.2, 0) is 14.8 Å². The standard InChI is InChI=1S/C19H26N4O5S/c1-4-22(5-2)17-7-6-15(29(25,26)23-8-10-27-11-9-23)13-16(17)20-19(24)18-12-14(3)21-28-18/h6-7,12-13H,4-5,8-11H2,1-3H3,(H,20,24). The minimum atomic E-state index is -3.69. The largest absolute Gasteiger partial charge is 0.379 e. The quantitative estimate of drug-likeness (QED) is 0.728. The summed E-state index contributed by atoms with van der Waals surface area (Å²) >= 11 is 0. The van der Waals surface area contributed by atoms with Gasteiger partial charge in [0.05, 0.1) is 35.2 Å². The highest BCUT2D eigenvalue weighted by atomic mass is 32.2. The van der Waals surface area contributed by atoms with Crippen LogP contribution in [0.5, 0.6) is 0 Å². The Morgan fingerprint density at radius 1 is 1.21 bits per heavy atom. The Hall–Kier alpha value is -2.43. The molecular formula is C19H26N4O5S. The number of carbonyl (C=O) groups is 1. The molecule has 158 valence electrons. The highest BCUT2D eigenvalue weighted by molar-refractivity contribution is 7.89. The highest BCUT2D eigenvalue weighted by Crippen LogP contribution is 2.31. The van der Waals surface area contributed by atoms with E-state index in [0.717, 1.165) is 5.69 Å². The zero-order valence-electron chi connectivity index (χ0n) is 16.8. The van der Waals surface area contributed by atoms with E-state index in [4.69, 9.17) is 9.26 Å². The van der Waals surface area contributed by atoms with Crippen molar-refractivity contribution in [3.63, 3.8) is 0 Å². The fourth-order valence-electron chi connectivity index (χ4n) is 3.21. The SMILES string of the molecule is CCN(CC)c1ccc(S(=O)(=O)N2CCOCC2)cc1NC(=O)c1cc(C)no1. The Bertz CT molecular complexity index is 963. The van der Waals surface area contributed by atoms with Crippen molar-refractivity contribution in [2.75, 3.05) is 49.6 Å². The number of ether oxygens (including phenoxy) is 1. The van der Waals surface area contributed by atoms with E-state index in [0.29, 0.717) is 50.8 Å². The first-order valence-electron chi connectivity index (χ1n) is 9.58. The first-order chi connectivity index (χ1) is 13.9. The van der Waals surface area contributed by atoms with Gasteiger partial charge in [-0.15, -0.1) is 0 Å². The minimum Gasteiger partial charge on any atom is -0.379 e. The van der Waals surface area contributed by atoms with Crippen LogP contribution in [-0.4, -0.2) is 63.2 Å². The number of hydrogen-bond acceptors (Lipinski definition) is 7. The van der Waals surface area contributed by atoms with Crippen LogP contribution in [0.1, 0.15) is 30.1 Å². The first-order valence-corrected chi connectivity index (χ1v) is 11.0. The molecule has 2 heterocycles. The molecule has 0 spiro atoms. The molecule has 1 saturated heterocycles. The molecule has 3 rings (SSSR count). The van der Waals surface area contributed by atoms with Crippen LogP contribution in [0.2, 0.25) is 0 Å². The molecule has 1 fully saturated rings. The van der Waals surface area contributed by atoms with E-state index >= 15 is 0 Å². The highest BCUT2D eigenvalue weighted by Gasteiger charge is 2.28. The van der Waals surface area contributed by atoms with Crippen molar-refractivity contribution in [3.8, 4) is 0 Å². The van der Waals surface area contributed by atoms with E-state index in [1.807, 2.05) is 18.7 Å². The number of nitrogens with one attached hydrogen (secondary N) is 1. The molecule has 10 heteroatoms. The van der Waals surface area contributed by atoms with Gasteiger partial charge in [-0.25, -0.2) is 8.42 Å². The number of amides is 1. The average Bonchev–Trinajstić information content (AvgIpc) is 3.17. The van der Waals surface area contributed by atoms with Crippen LogP contribution in [0.15, 0.2) is 33.7 Å². The van der Waals surface area contributed by atoms with Gasteiger partial charge in [0.2, 0.25) is 15.8 Å². The number of sulfonamides is 1. The lowest BCUT2D eigenvalue weighted by atomic mass is 10.2. The molecule has 1 aromatic heterocycles. The number of carbonyl (C=O) groups excluding carboxylic acids is 1. The summed E-state index contributed by atoms with van der Waals surface area (Å²) in [5, 5.41) is 6.51. The second-order valence-electron chi connectivity index (χ2n) is 6.65. The van der Waals surface area contributed by atoms with Gasteiger partial charge in [0.25, 0.3) is 5.91 Å². The normalized spacial score (nSPS) is 15.3. The molecular weight excluding hydrogens is 396 g/mol. The molecule has 1 amide bonds. The molecule has 9 nitrogen and oxygen atoms in total. The number of aryl methyl sites for hydroxylation is 1. The minimum absolute atomic E-state index is 0.0643. The number of anilines is 2. The molecule has 0 aliphatic carbocycles. The maximum atomic E-state index is 13.0. The number of rotatable bonds is 7. The van der Waals surface area contributed by atoms with Crippen molar-refractivity contribution in [3.05, 3.63) is 35.7 Å². The van der Waals surface area contributed by atoms with Crippen LogP contribution >= 0.6 is 0 Å². The summed E-state index contributed by atoms with van der Waals surface area (Å²) < 4.78 is 37.7. The first kappa shape index (κ1) is 21.3. The van der Waals surface area contributed by atoms with Crippen LogP contribution in [0.4, 0.5) is 11.4 Å². The van der Waals surface area contributed by atoms with Gasteiger partial charge in [0.15, 0.2) is 0 Å². The van der Waals surface area contributed by atoms with Gasteiger partial charge < -0.3 is 19.5 Å². The molecule has 0 unspecified atom stereocenters. The van der Waals surface area contributed by atoms with Crippen LogP contribution in [0.25, 0.3) is 0 Å². The molecule has 1 aromatic carbocycles. The lowest BCUT2D eigenvalue weighted by Crippen LogP contribution is -2.40. The molecule has 0 radical (unpaired) electrons. The van der Waals surface area contributed by atoms with Crippen molar-refractivity contribution in [2.24, 2.45) is 0 Å². The van der Waals surface area contributed by atoms with Gasteiger partial charge in [-0.05, 0) is 39.0 Å². The average molecular weight is 423 g/mol. The zero-order chi connectivity index (χ0) is 21.0. The smallest absolute Gasteiger partial charge is 0.294 e. The Kier molecular flexibility index (Phi) is 6.56. The van der Waals surface area contributed by atoms with Crippen molar-refractivity contribution < 1.29 is 22.5 Å². The molecule has 0 saturated carbocycles. The summed E-state index contributed by atoms with van der Waals surface area (Å²) in [5.41, 5.74) is 1.73. The van der Waals surface area contributed by atoms with E-state index in [1.165, 1.54) is 16.4 Å². The van der Waals surface area contributed by atoms with E-state index in [1.54, 1.807) is 19.1 Å². The zero-order valence-corrected chi connectivity index (χ0v) is 17.7. The number of hydrogen-bond donors (Lipinski definition) is 1. The predicted molar refractivity (Wildman–Crippen MR) is 109 cm³/mol. The van der Waals surface area contributed by atoms with E-state index in [2.05, 4.69) is 10.5 Å². The summed E-state index contributed by atoms with van der Waals surface area (Å²) in [7, 11) is -3.69. The third-order valence-electron chi connectivity index (χ3n) is 4.78. The molecule has 1 N–H and O–H groups in total. The summed E-state index contributed by atoms with van der Waals surface area (Å²) in [6, 6.07) is 6.33. The second kappa shape index (κ2) is 8.93. The molecule has 0 bridgehead atoms. The summed E-state index contributed by atoms with van der Waals surface area (Å²) in [4.78, 5) is 14.8. The molecule has 29 heavy (non-hydrogen) atoms. The summed E-state index contributed by atoms with van der Waals surface area (Å²) in [5.74, 6) is -0.422. The van der Waals surface area contributed by atoms with Gasteiger partial charge in [-0.3, -0.25) is 4.79 Å². The fourth-order valence-corrected chi connectivity index (χ4v) is 4.64. The molecule has 2 aromatic rings. The van der Waals surface area contributed by atoms with Gasteiger partial charge in [0, 0.05) is 32.2 Å². The fraction of sp³-hybridized carbons (Fsp3) is 0.474. The Morgan fingerprint density at radius 2 is 1.90 bits per heavy atom. The van der Waals surface area contributed by atoms with Crippen molar-refractivity contribution in [1.29, 1.82) is 0 Å². The Balaban J connectivity index is 1.98. The van der Waals surface area contributed by atoms with Crippen LogP contribution < -0.4 is 10.2 Å². The van der Waals surface area contributed by atoms with Gasteiger partial charge in [0.1, 0.15) is 0 Å². The number of morpholine rings is 1. The van der Waals surface area contributed by atoms with Crippen LogP contribution in [0.3, 0.4) is 0 Å². The Labute approximate surface area is 170 Å². The summed E-state index contributed by atoms with van der Waals surface area (Å²) in [6.45, 7) is 8.46. The van der Waals surface area contributed by atoms with Gasteiger partial charge >= 0.3 is 0 Å². The third-order valence-corrected chi connectivity index (χ3v) is 6.67. The maximum absolute atomic E-state index is 13.0. The number of benzene rings is 1. The molecule has 1 aliphatic heterocycles. The van der Waals surface area contributed by atoms with Crippen molar-refractivity contribution in [1.82, 2.24) is 9.46 Å². The lowest BCUT2D eigenvalue weighted by Gasteiger charge is -2.28. The molecule has 0 atom stereocenters. The van der Waals surface area contributed by atoms with Gasteiger partial charge in [-0.2, -0.15) is 4.31 Å². The van der Waals surface area contributed by atoms with E-state index < -0.39 is 15.9 Å².